The molecule has 0 spiro atoms. The van der Waals surface area contributed by atoms with E-state index in [2.05, 4.69) is 0 Å². The van der Waals surface area contributed by atoms with Crippen LogP contribution >= 0.6 is 11.6 Å². The molecule has 1 aliphatic carbocycles. The molecule has 0 N–H and O–H groups in total. The second kappa shape index (κ2) is 6.14. The van der Waals surface area contributed by atoms with Gasteiger partial charge < -0.3 is 0 Å². The largest absolute Gasteiger partial charge is 0.248 e. The third-order valence-corrected chi connectivity index (χ3v) is 6.16. The number of sulfonamides is 1. The van der Waals surface area contributed by atoms with Crippen molar-refractivity contribution in [3.8, 4) is 0 Å². The molecule has 0 saturated heterocycles. The van der Waals surface area contributed by atoms with Crippen LogP contribution in [-0.4, -0.2) is 31.2 Å². The Morgan fingerprint density at radius 1 is 1.14 bits per heavy atom. The Morgan fingerprint density at radius 3 is 2.19 bits per heavy atom. The highest BCUT2D eigenvalue weighted by atomic mass is 35.5. The van der Waals surface area contributed by atoms with Crippen LogP contribution in [0.15, 0.2) is 17.0 Å². The van der Waals surface area contributed by atoms with Gasteiger partial charge in [-0.3, -0.25) is 0 Å². The molecule has 0 bridgehead atoms. The minimum Gasteiger partial charge on any atom is -0.207 e. The topological polar surface area (TPSA) is 37.4 Å². The zero-order valence-corrected chi connectivity index (χ0v) is 12.9. The van der Waals surface area contributed by atoms with Gasteiger partial charge in [-0.1, -0.05) is 12.8 Å². The van der Waals surface area contributed by atoms with Crippen molar-refractivity contribution in [1.29, 1.82) is 0 Å². The second-order valence-corrected chi connectivity index (χ2v) is 7.58. The van der Waals surface area contributed by atoms with Crippen molar-refractivity contribution < 1.29 is 21.6 Å². The van der Waals surface area contributed by atoms with Gasteiger partial charge in [-0.05, 0) is 12.8 Å². The molecule has 1 saturated carbocycles. The Labute approximate surface area is 126 Å². The van der Waals surface area contributed by atoms with Crippen molar-refractivity contribution in [1.82, 2.24) is 4.31 Å². The maximum absolute atomic E-state index is 13.7. The van der Waals surface area contributed by atoms with Gasteiger partial charge in [0.1, 0.15) is 17.5 Å². The molecule has 0 radical (unpaired) electrons. The molecule has 3 nitrogen and oxygen atoms in total. The highest BCUT2D eigenvalue weighted by Crippen LogP contribution is 2.31. The van der Waals surface area contributed by atoms with Crippen LogP contribution in [0, 0.1) is 17.5 Å². The molecule has 21 heavy (non-hydrogen) atoms. The molecule has 1 fully saturated rings. The maximum atomic E-state index is 13.7. The minimum absolute atomic E-state index is 0.350. The number of alkyl halides is 1. The van der Waals surface area contributed by atoms with Gasteiger partial charge in [-0.15, -0.1) is 11.6 Å². The van der Waals surface area contributed by atoms with Gasteiger partial charge in [-0.25, -0.2) is 21.6 Å². The average molecular weight is 342 g/mol. The summed E-state index contributed by atoms with van der Waals surface area (Å²) in [6, 6.07) is 0.167. The summed E-state index contributed by atoms with van der Waals surface area (Å²) in [4.78, 5) is -1.14. The van der Waals surface area contributed by atoms with Gasteiger partial charge in [0.05, 0.1) is 5.38 Å². The normalized spacial score (nSPS) is 23.5. The highest BCUT2D eigenvalue weighted by Gasteiger charge is 2.37. The SMILES string of the molecule is CN(C1CCCCC1Cl)S(=O)(=O)c1c(F)cc(F)cc1F. The Kier molecular flexibility index (Phi) is 4.85. The van der Waals surface area contributed by atoms with Crippen LogP contribution in [0.4, 0.5) is 13.2 Å². The van der Waals surface area contributed by atoms with Gasteiger partial charge >= 0.3 is 0 Å². The molecule has 0 heterocycles. The third kappa shape index (κ3) is 3.19. The fourth-order valence-corrected chi connectivity index (χ4v) is 4.60. The predicted molar refractivity (Wildman–Crippen MR) is 73.2 cm³/mol. The van der Waals surface area contributed by atoms with Crippen molar-refractivity contribution >= 4 is 21.6 Å². The fourth-order valence-electron chi connectivity index (χ4n) is 2.57. The lowest BCUT2D eigenvalue weighted by Crippen LogP contribution is -2.44. The van der Waals surface area contributed by atoms with Crippen LogP contribution in [0.25, 0.3) is 0 Å². The van der Waals surface area contributed by atoms with E-state index in [1.54, 1.807) is 0 Å². The first-order valence-electron chi connectivity index (χ1n) is 6.52. The van der Waals surface area contributed by atoms with E-state index >= 15 is 0 Å². The minimum atomic E-state index is -4.42. The third-order valence-electron chi connectivity index (χ3n) is 3.71. The lowest BCUT2D eigenvalue weighted by Gasteiger charge is -2.34. The van der Waals surface area contributed by atoms with Gasteiger partial charge in [0.25, 0.3) is 0 Å². The number of hydrogen-bond acceptors (Lipinski definition) is 2. The van der Waals surface area contributed by atoms with Crippen LogP contribution in [0.1, 0.15) is 25.7 Å². The number of benzene rings is 1. The zero-order chi connectivity index (χ0) is 15.8. The predicted octanol–water partition coefficient (Wildman–Crippen LogP) is 3.27. The monoisotopic (exact) mass is 341 g/mol. The van der Waals surface area contributed by atoms with Crippen molar-refractivity contribution in [3.05, 3.63) is 29.6 Å². The number of halogens is 4. The Balaban J connectivity index is 2.42. The van der Waals surface area contributed by atoms with Crippen LogP contribution in [0.5, 0.6) is 0 Å². The van der Waals surface area contributed by atoms with Crippen LogP contribution in [0.3, 0.4) is 0 Å². The first-order chi connectivity index (χ1) is 9.75. The quantitative estimate of drug-likeness (QED) is 0.791. The van der Waals surface area contributed by atoms with Crippen LogP contribution < -0.4 is 0 Å². The van der Waals surface area contributed by atoms with E-state index in [4.69, 9.17) is 11.6 Å². The first kappa shape index (κ1) is 16.6. The zero-order valence-electron chi connectivity index (χ0n) is 11.3. The lowest BCUT2D eigenvalue weighted by molar-refractivity contribution is 0.289. The summed E-state index contributed by atoms with van der Waals surface area (Å²) in [5.74, 6) is -4.05. The molecule has 0 aliphatic heterocycles. The molecule has 118 valence electrons. The summed E-state index contributed by atoms with van der Waals surface area (Å²) in [5.41, 5.74) is 0. The van der Waals surface area contributed by atoms with E-state index < -0.39 is 43.8 Å². The first-order valence-corrected chi connectivity index (χ1v) is 8.39. The number of hydrogen-bond donors (Lipinski definition) is 0. The number of rotatable bonds is 3. The summed E-state index contributed by atoms with van der Waals surface area (Å²) >= 11 is 6.12. The highest BCUT2D eigenvalue weighted by molar-refractivity contribution is 7.89. The molecule has 2 unspecified atom stereocenters. The van der Waals surface area contributed by atoms with E-state index in [0.717, 1.165) is 17.1 Å². The Hall–Kier alpha value is -0.790. The molecular formula is C13H15ClF3NO2S. The summed E-state index contributed by atoms with van der Waals surface area (Å²) in [7, 11) is -3.18. The van der Waals surface area contributed by atoms with E-state index in [-0.39, 0.29) is 0 Å². The maximum Gasteiger partial charge on any atom is 0.248 e. The van der Waals surface area contributed by atoms with Gasteiger partial charge in [0.2, 0.25) is 10.0 Å². The molecule has 0 amide bonds. The van der Waals surface area contributed by atoms with Gasteiger partial charge in [-0.2, -0.15) is 4.31 Å². The summed E-state index contributed by atoms with van der Waals surface area (Å²) in [6.07, 6.45) is 2.84. The summed E-state index contributed by atoms with van der Waals surface area (Å²) < 4.78 is 66.0. The molecular weight excluding hydrogens is 327 g/mol. The summed E-state index contributed by atoms with van der Waals surface area (Å²) in [5, 5.41) is -0.412. The van der Waals surface area contributed by atoms with Crippen molar-refractivity contribution in [2.24, 2.45) is 0 Å². The lowest BCUT2D eigenvalue weighted by atomic mass is 9.95. The smallest absolute Gasteiger partial charge is 0.207 e. The van der Waals surface area contributed by atoms with Gasteiger partial charge in [0, 0.05) is 25.2 Å². The fraction of sp³-hybridized carbons (Fsp3) is 0.538. The Morgan fingerprint density at radius 2 is 1.67 bits per heavy atom. The summed E-state index contributed by atoms with van der Waals surface area (Å²) in [6.45, 7) is 0. The van der Waals surface area contributed by atoms with Crippen LogP contribution in [0.2, 0.25) is 0 Å². The van der Waals surface area contributed by atoms with Gasteiger partial charge in [0.15, 0.2) is 4.90 Å². The molecule has 1 aliphatic rings. The van der Waals surface area contributed by atoms with E-state index in [1.807, 2.05) is 0 Å². The van der Waals surface area contributed by atoms with Crippen LogP contribution in [-0.2, 0) is 10.0 Å². The van der Waals surface area contributed by atoms with E-state index in [1.165, 1.54) is 7.05 Å². The van der Waals surface area contributed by atoms with Crippen molar-refractivity contribution in [2.75, 3.05) is 7.05 Å². The van der Waals surface area contributed by atoms with Crippen molar-refractivity contribution in [3.63, 3.8) is 0 Å². The average Bonchev–Trinajstić information content (AvgIpc) is 2.36. The number of nitrogens with zero attached hydrogens (tertiary/aromatic N) is 1. The standard InChI is InChI=1S/C13H15ClF3NO2S/c1-18(12-5-3-2-4-9(12)14)21(19,20)13-10(16)6-8(15)7-11(13)17/h6-7,9,12H,2-5H2,1H3. The van der Waals surface area contributed by atoms with E-state index in [9.17, 15) is 21.6 Å². The molecule has 1 aromatic carbocycles. The van der Waals surface area contributed by atoms with Crippen molar-refractivity contribution in [2.45, 2.75) is 42.0 Å². The Bertz CT molecular complexity index is 615. The molecule has 2 rings (SSSR count). The molecule has 8 heteroatoms. The molecule has 0 aromatic heterocycles. The molecule has 2 atom stereocenters. The van der Waals surface area contributed by atoms with E-state index in [0.29, 0.717) is 25.0 Å². The molecule has 1 aromatic rings. The second-order valence-electron chi connectivity index (χ2n) is 5.09.